The molecule has 0 saturated carbocycles. The Labute approximate surface area is 101 Å². The van der Waals surface area contributed by atoms with Crippen molar-refractivity contribution in [1.82, 2.24) is 14.5 Å². The molecular weight excluding hydrogens is 242 g/mol. The lowest BCUT2D eigenvalue weighted by Crippen LogP contribution is -2.42. The Morgan fingerprint density at radius 3 is 3.00 bits per heavy atom. The van der Waals surface area contributed by atoms with Crippen molar-refractivity contribution in [3.05, 3.63) is 11.8 Å². The molecule has 7 heteroatoms. The highest BCUT2D eigenvalue weighted by atomic mass is 32.2. The van der Waals surface area contributed by atoms with Gasteiger partial charge in [-0.3, -0.25) is 5.10 Å². The second-order valence-electron chi connectivity index (χ2n) is 4.34. The number of aromatic nitrogens is 2. The van der Waals surface area contributed by atoms with E-state index in [1.165, 1.54) is 10.5 Å². The summed E-state index contributed by atoms with van der Waals surface area (Å²) in [5, 5.41) is 15.3. The average molecular weight is 259 g/mol. The number of aromatic amines is 1. The highest BCUT2D eigenvalue weighted by Crippen LogP contribution is 2.25. The SMILES string of the molecule is CC1CCCCN1S(=O)(=O)c1[nH]ncc1CO. The van der Waals surface area contributed by atoms with Crippen LogP contribution < -0.4 is 0 Å². The Morgan fingerprint density at radius 1 is 1.59 bits per heavy atom. The summed E-state index contributed by atoms with van der Waals surface area (Å²) >= 11 is 0. The number of piperidine rings is 1. The summed E-state index contributed by atoms with van der Waals surface area (Å²) in [5.74, 6) is 0. The van der Waals surface area contributed by atoms with Gasteiger partial charge in [0.15, 0.2) is 5.03 Å². The van der Waals surface area contributed by atoms with Gasteiger partial charge in [0.05, 0.1) is 12.8 Å². The van der Waals surface area contributed by atoms with Crippen LogP contribution in [0.15, 0.2) is 11.2 Å². The van der Waals surface area contributed by atoms with Gasteiger partial charge in [-0.15, -0.1) is 0 Å². The maximum absolute atomic E-state index is 12.4. The summed E-state index contributed by atoms with van der Waals surface area (Å²) in [7, 11) is -3.56. The molecule has 1 aliphatic rings. The molecule has 6 nitrogen and oxygen atoms in total. The summed E-state index contributed by atoms with van der Waals surface area (Å²) in [4.78, 5) is 0. The molecule has 1 unspecified atom stereocenters. The standard InChI is InChI=1S/C10H17N3O3S/c1-8-4-2-3-5-13(8)17(15,16)10-9(7-14)6-11-12-10/h6,8,14H,2-5,7H2,1H3,(H,11,12). The lowest BCUT2D eigenvalue weighted by molar-refractivity contribution is 0.263. The molecule has 1 aromatic heterocycles. The van der Waals surface area contributed by atoms with Crippen molar-refractivity contribution in [3.8, 4) is 0 Å². The predicted octanol–water partition coefficient (Wildman–Crippen LogP) is 0.465. The van der Waals surface area contributed by atoms with Gasteiger partial charge in [-0.2, -0.15) is 9.40 Å². The van der Waals surface area contributed by atoms with E-state index in [0.717, 1.165) is 19.3 Å². The Hall–Kier alpha value is -0.920. The second-order valence-corrected chi connectivity index (χ2v) is 6.17. The summed E-state index contributed by atoms with van der Waals surface area (Å²) in [6, 6.07) is 0.00333. The van der Waals surface area contributed by atoms with E-state index >= 15 is 0 Å². The van der Waals surface area contributed by atoms with Gasteiger partial charge in [0.25, 0.3) is 10.0 Å². The van der Waals surface area contributed by atoms with Crippen LogP contribution in [0.5, 0.6) is 0 Å². The first-order valence-corrected chi connectivity index (χ1v) is 7.16. The Bertz CT molecular complexity index is 483. The fourth-order valence-corrected chi connectivity index (χ4v) is 3.98. The number of sulfonamides is 1. The minimum Gasteiger partial charge on any atom is -0.392 e. The number of hydrogen-bond acceptors (Lipinski definition) is 4. The maximum Gasteiger partial charge on any atom is 0.260 e. The molecule has 0 radical (unpaired) electrons. The first-order chi connectivity index (χ1) is 8.07. The van der Waals surface area contributed by atoms with E-state index in [9.17, 15) is 8.42 Å². The summed E-state index contributed by atoms with van der Waals surface area (Å²) < 4.78 is 26.3. The van der Waals surface area contributed by atoms with Crippen LogP contribution in [-0.4, -0.2) is 40.6 Å². The zero-order valence-corrected chi connectivity index (χ0v) is 10.6. The normalized spacial score (nSPS) is 22.8. The average Bonchev–Trinajstić information content (AvgIpc) is 2.78. The molecule has 1 aromatic rings. The van der Waals surface area contributed by atoms with Crippen molar-refractivity contribution < 1.29 is 13.5 Å². The molecule has 0 spiro atoms. The molecule has 1 fully saturated rings. The van der Waals surface area contributed by atoms with Crippen molar-refractivity contribution in [1.29, 1.82) is 0 Å². The van der Waals surface area contributed by atoms with E-state index in [-0.39, 0.29) is 17.7 Å². The van der Waals surface area contributed by atoms with Crippen LogP contribution in [0.2, 0.25) is 0 Å². The molecule has 2 N–H and O–H groups in total. The molecule has 0 bridgehead atoms. The van der Waals surface area contributed by atoms with E-state index in [1.54, 1.807) is 0 Å². The van der Waals surface area contributed by atoms with E-state index in [1.807, 2.05) is 6.92 Å². The molecule has 1 aliphatic heterocycles. The van der Waals surface area contributed by atoms with E-state index in [2.05, 4.69) is 10.2 Å². The quantitative estimate of drug-likeness (QED) is 0.826. The first kappa shape index (κ1) is 12.5. The molecule has 17 heavy (non-hydrogen) atoms. The monoisotopic (exact) mass is 259 g/mol. The van der Waals surface area contributed by atoms with Gasteiger partial charge < -0.3 is 5.11 Å². The molecule has 1 atom stereocenters. The molecule has 96 valence electrons. The minimum atomic E-state index is -3.56. The lowest BCUT2D eigenvalue weighted by atomic mass is 10.1. The minimum absolute atomic E-state index is 0.00333. The largest absolute Gasteiger partial charge is 0.392 e. The topological polar surface area (TPSA) is 86.3 Å². The van der Waals surface area contributed by atoms with E-state index in [0.29, 0.717) is 12.1 Å². The molecule has 1 saturated heterocycles. The van der Waals surface area contributed by atoms with Gasteiger partial charge >= 0.3 is 0 Å². The number of aliphatic hydroxyl groups is 1. The summed E-state index contributed by atoms with van der Waals surface area (Å²) in [5.41, 5.74) is 0.322. The third kappa shape index (κ3) is 2.22. The third-order valence-electron chi connectivity index (χ3n) is 3.16. The fraction of sp³-hybridized carbons (Fsp3) is 0.700. The summed E-state index contributed by atoms with van der Waals surface area (Å²) in [6.07, 6.45) is 4.17. The maximum atomic E-state index is 12.4. The van der Waals surface area contributed by atoms with Crippen molar-refractivity contribution in [2.75, 3.05) is 6.54 Å². The van der Waals surface area contributed by atoms with Crippen molar-refractivity contribution >= 4 is 10.0 Å². The fourth-order valence-electron chi connectivity index (χ4n) is 2.18. The van der Waals surface area contributed by atoms with Crippen LogP contribution in [0, 0.1) is 0 Å². The van der Waals surface area contributed by atoms with Crippen LogP contribution in [0.4, 0.5) is 0 Å². The second kappa shape index (κ2) is 4.75. The lowest BCUT2D eigenvalue weighted by Gasteiger charge is -2.31. The first-order valence-electron chi connectivity index (χ1n) is 5.72. The predicted molar refractivity (Wildman–Crippen MR) is 61.7 cm³/mol. The Morgan fingerprint density at radius 2 is 2.35 bits per heavy atom. The summed E-state index contributed by atoms with van der Waals surface area (Å²) in [6.45, 7) is 2.12. The van der Waals surface area contributed by atoms with Crippen molar-refractivity contribution in [2.45, 2.75) is 43.9 Å². The number of hydrogen-bond donors (Lipinski definition) is 2. The van der Waals surface area contributed by atoms with Gasteiger partial charge in [-0.25, -0.2) is 8.42 Å². The zero-order chi connectivity index (χ0) is 12.5. The van der Waals surface area contributed by atoms with Crippen LogP contribution >= 0.6 is 0 Å². The van der Waals surface area contributed by atoms with Crippen molar-refractivity contribution in [3.63, 3.8) is 0 Å². The van der Waals surface area contributed by atoms with Gasteiger partial charge in [0, 0.05) is 18.2 Å². The van der Waals surface area contributed by atoms with Gasteiger partial charge in [0.2, 0.25) is 0 Å². The molecule has 2 heterocycles. The van der Waals surface area contributed by atoms with Crippen LogP contribution in [0.3, 0.4) is 0 Å². The number of nitrogens with one attached hydrogen (secondary N) is 1. The highest BCUT2D eigenvalue weighted by molar-refractivity contribution is 7.89. The third-order valence-corrected chi connectivity index (χ3v) is 5.19. The van der Waals surface area contributed by atoms with E-state index in [4.69, 9.17) is 5.11 Å². The van der Waals surface area contributed by atoms with Crippen LogP contribution in [-0.2, 0) is 16.6 Å². The molecule has 2 rings (SSSR count). The van der Waals surface area contributed by atoms with Gasteiger partial charge in [-0.1, -0.05) is 6.42 Å². The van der Waals surface area contributed by atoms with E-state index < -0.39 is 10.0 Å². The highest BCUT2D eigenvalue weighted by Gasteiger charge is 2.33. The Balaban J connectivity index is 2.35. The van der Waals surface area contributed by atoms with Crippen LogP contribution in [0.25, 0.3) is 0 Å². The number of nitrogens with zero attached hydrogens (tertiary/aromatic N) is 2. The smallest absolute Gasteiger partial charge is 0.260 e. The molecule has 0 amide bonds. The zero-order valence-electron chi connectivity index (χ0n) is 9.76. The molecular formula is C10H17N3O3S. The number of H-pyrrole nitrogens is 1. The number of rotatable bonds is 3. The number of aliphatic hydroxyl groups excluding tert-OH is 1. The van der Waals surface area contributed by atoms with Gasteiger partial charge in [-0.05, 0) is 19.8 Å². The Kier molecular flexibility index (Phi) is 3.50. The molecule has 0 aromatic carbocycles. The molecule has 0 aliphatic carbocycles. The van der Waals surface area contributed by atoms with Gasteiger partial charge in [0.1, 0.15) is 0 Å². The van der Waals surface area contributed by atoms with Crippen molar-refractivity contribution in [2.24, 2.45) is 0 Å². The van der Waals surface area contributed by atoms with Crippen LogP contribution in [0.1, 0.15) is 31.7 Å².